The second-order valence-corrected chi connectivity index (χ2v) is 9.88. The lowest BCUT2D eigenvalue weighted by molar-refractivity contribution is -0.113. The van der Waals surface area contributed by atoms with Gasteiger partial charge in [0.1, 0.15) is 6.61 Å². The number of carbonyl (C=O) groups is 1. The van der Waals surface area contributed by atoms with Crippen LogP contribution >= 0.6 is 58.8 Å². The maximum Gasteiger partial charge on any atom is 0.270 e. The van der Waals surface area contributed by atoms with Gasteiger partial charge in [-0.2, -0.15) is 0 Å². The lowest BCUT2D eigenvalue weighted by atomic mass is 10.1. The maximum absolute atomic E-state index is 13.0. The molecule has 168 valence electrons. The molecule has 0 atom stereocenters. The molecule has 33 heavy (non-hydrogen) atoms. The minimum atomic E-state index is -0.191. The molecule has 1 fully saturated rings. The number of benzene rings is 3. The van der Waals surface area contributed by atoms with Crippen molar-refractivity contribution in [1.82, 2.24) is 0 Å². The van der Waals surface area contributed by atoms with Crippen LogP contribution in [0.15, 0.2) is 65.6 Å². The highest BCUT2D eigenvalue weighted by molar-refractivity contribution is 8.27. The third-order valence-electron chi connectivity index (χ3n) is 4.76. The third-order valence-corrected chi connectivity index (χ3v) is 6.90. The zero-order valence-corrected chi connectivity index (χ0v) is 21.1. The van der Waals surface area contributed by atoms with Gasteiger partial charge in [0.15, 0.2) is 15.8 Å². The Morgan fingerprint density at radius 2 is 1.70 bits per heavy atom. The number of nitrogens with zero attached hydrogens (tertiary/aromatic N) is 1. The van der Waals surface area contributed by atoms with Crippen molar-refractivity contribution in [2.45, 2.75) is 6.61 Å². The van der Waals surface area contributed by atoms with E-state index in [0.29, 0.717) is 41.5 Å². The Balaban J connectivity index is 1.53. The molecule has 0 unspecified atom stereocenters. The van der Waals surface area contributed by atoms with E-state index in [0.717, 1.165) is 11.1 Å². The number of halogens is 3. The van der Waals surface area contributed by atoms with Gasteiger partial charge in [-0.1, -0.05) is 70.9 Å². The van der Waals surface area contributed by atoms with E-state index in [1.165, 1.54) is 16.7 Å². The first-order valence-corrected chi connectivity index (χ1v) is 12.0. The van der Waals surface area contributed by atoms with Gasteiger partial charge in [0.05, 0.1) is 17.7 Å². The number of thioether (sulfide) groups is 1. The summed E-state index contributed by atoms with van der Waals surface area (Å²) in [5.74, 6) is 0.889. The second-order valence-electron chi connectivity index (χ2n) is 6.93. The highest BCUT2D eigenvalue weighted by Crippen LogP contribution is 2.37. The average Bonchev–Trinajstić information content (AvgIpc) is 3.07. The van der Waals surface area contributed by atoms with Crippen LogP contribution in [0.5, 0.6) is 11.5 Å². The number of carbonyl (C=O) groups excluding carboxylic acids is 1. The molecule has 0 bridgehead atoms. The van der Waals surface area contributed by atoms with Crippen LogP contribution in [0.25, 0.3) is 6.08 Å². The first-order valence-electron chi connectivity index (χ1n) is 9.64. The number of methoxy groups -OCH3 is 1. The van der Waals surface area contributed by atoms with Crippen molar-refractivity contribution in [3.05, 3.63) is 91.8 Å². The quantitative estimate of drug-likeness (QED) is 0.239. The van der Waals surface area contributed by atoms with Crippen molar-refractivity contribution in [2.75, 3.05) is 12.0 Å². The van der Waals surface area contributed by atoms with Crippen LogP contribution in [-0.2, 0) is 11.4 Å². The van der Waals surface area contributed by atoms with Crippen LogP contribution in [0.3, 0.4) is 0 Å². The van der Waals surface area contributed by atoms with Gasteiger partial charge in [-0.3, -0.25) is 9.69 Å². The molecule has 3 aromatic rings. The van der Waals surface area contributed by atoms with Gasteiger partial charge in [0.2, 0.25) is 0 Å². The molecule has 0 aromatic heterocycles. The number of amides is 1. The Morgan fingerprint density at radius 1 is 0.970 bits per heavy atom. The van der Waals surface area contributed by atoms with Gasteiger partial charge in [-0.25, -0.2) is 0 Å². The Bertz CT molecular complexity index is 1260. The van der Waals surface area contributed by atoms with Crippen LogP contribution in [0.2, 0.25) is 15.1 Å². The molecular weight excluding hydrogens is 521 g/mol. The number of rotatable bonds is 6. The van der Waals surface area contributed by atoms with Crippen LogP contribution in [0.4, 0.5) is 5.69 Å². The third kappa shape index (κ3) is 5.48. The summed E-state index contributed by atoms with van der Waals surface area (Å²) < 4.78 is 11.8. The van der Waals surface area contributed by atoms with Crippen LogP contribution < -0.4 is 14.4 Å². The Labute approximate surface area is 216 Å². The van der Waals surface area contributed by atoms with E-state index in [-0.39, 0.29) is 12.5 Å². The van der Waals surface area contributed by atoms with Gasteiger partial charge < -0.3 is 9.47 Å². The van der Waals surface area contributed by atoms with Crippen molar-refractivity contribution in [3.63, 3.8) is 0 Å². The summed E-state index contributed by atoms with van der Waals surface area (Å²) in [5.41, 5.74) is 2.26. The summed E-state index contributed by atoms with van der Waals surface area (Å²) in [4.78, 5) is 15.0. The van der Waals surface area contributed by atoms with E-state index in [1.807, 2.05) is 12.1 Å². The first kappa shape index (κ1) is 23.9. The summed E-state index contributed by atoms with van der Waals surface area (Å²) >= 11 is 24.8. The summed E-state index contributed by atoms with van der Waals surface area (Å²) in [6, 6.07) is 17.6. The lowest BCUT2D eigenvalue weighted by Crippen LogP contribution is -2.27. The summed E-state index contributed by atoms with van der Waals surface area (Å²) in [5, 5.41) is 1.68. The Morgan fingerprint density at radius 3 is 2.39 bits per heavy atom. The number of hydrogen-bond acceptors (Lipinski definition) is 5. The largest absolute Gasteiger partial charge is 0.493 e. The SMILES string of the molecule is COc1cc(/C=C2\SC(=S)N(c3ccc(Cl)cc3)C2=O)ccc1OCc1ccc(Cl)cc1Cl. The molecule has 1 aliphatic rings. The molecule has 0 saturated carbocycles. The van der Waals surface area contributed by atoms with Crippen molar-refractivity contribution in [1.29, 1.82) is 0 Å². The minimum Gasteiger partial charge on any atom is -0.493 e. The molecule has 1 heterocycles. The number of hydrogen-bond donors (Lipinski definition) is 0. The van der Waals surface area contributed by atoms with Crippen molar-refractivity contribution < 1.29 is 14.3 Å². The molecule has 0 aliphatic carbocycles. The molecule has 4 nitrogen and oxygen atoms in total. The molecular formula is C24H16Cl3NO3S2. The summed E-state index contributed by atoms with van der Waals surface area (Å²) in [6.07, 6.45) is 1.78. The molecule has 1 amide bonds. The second kappa shape index (κ2) is 10.4. The number of thiocarbonyl (C=S) groups is 1. The molecule has 0 radical (unpaired) electrons. The molecule has 4 rings (SSSR count). The van der Waals surface area contributed by atoms with Gasteiger partial charge >= 0.3 is 0 Å². The van der Waals surface area contributed by atoms with E-state index in [4.69, 9.17) is 56.5 Å². The standard InChI is InChI=1S/C24H16Cl3NO3S2/c1-30-21-10-14(2-9-20(21)31-13-15-3-4-17(26)12-19(15)27)11-22-23(29)28(24(32)33-22)18-7-5-16(25)6-8-18/h2-12H,13H2,1H3/b22-11-. The normalized spacial score (nSPS) is 14.8. The van der Waals surface area contributed by atoms with E-state index in [1.54, 1.807) is 61.7 Å². The molecule has 0 N–H and O–H groups in total. The fourth-order valence-corrected chi connectivity index (χ4v) is 5.01. The predicted molar refractivity (Wildman–Crippen MR) is 141 cm³/mol. The number of ether oxygens (including phenoxy) is 2. The van der Waals surface area contributed by atoms with E-state index >= 15 is 0 Å². The highest BCUT2D eigenvalue weighted by Gasteiger charge is 2.33. The number of anilines is 1. The molecule has 0 spiro atoms. The van der Waals surface area contributed by atoms with Crippen LogP contribution in [0, 0.1) is 0 Å². The zero-order valence-electron chi connectivity index (χ0n) is 17.2. The van der Waals surface area contributed by atoms with Crippen molar-refractivity contribution in [3.8, 4) is 11.5 Å². The molecule has 3 aromatic carbocycles. The Kier molecular flexibility index (Phi) is 7.51. The van der Waals surface area contributed by atoms with Crippen molar-refractivity contribution >= 4 is 80.8 Å². The van der Waals surface area contributed by atoms with Crippen molar-refractivity contribution in [2.24, 2.45) is 0 Å². The monoisotopic (exact) mass is 535 g/mol. The highest BCUT2D eigenvalue weighted by atomic mass is 35.5. The maximum atomic E-state index is 13.0. The lowest BCUT2D eigenvalue weighted by Gasteiger charge is -2.14. The van der Waals surface area contributed by atoms with Gasteiger partial charge in [0.25, 0.3) is 5.91 Å². The van der Waals surface area contributed by atoms with Crippen LogP contribution in [0.1, 0.15) is 11.1 Å². The predicted octanol–water partition coefficient (Wildman–Crippen LogP) is 7.64. The summed E-state index contributed by atoms with van der Waals surface area (Å²) in [6.45, 7) is 0.255. The van der Waals surface area contributed by atoms with Gasteiger partial charge in [-0.05, 0) is 60.2 Å². The average molecular weight is 537 g/mol. The molecule has 1 saturated heterocycles. The van der Waals surface area contributed by atoms with E-state index in [2.05, 4.69) is 0 Å². The van der Waals surface area contributed by atoms with E-state index < -0.39 is 0 Å². The fourth-order valence-electron chi connectivity index (χ4n) is 3.12. The van der Waals surface area contributed by atoms with Gasteiger partial charge in [0, 0.05) is 20.6 Å². The smallest absolute Gasteiger partial charge is 0.270 e. The topological polar surface area (TPSA) is 38.8 Å². The van der Waals surface area contributed by atoms with Gasteiger partial charge in [-0.15, -0.1) is 0 Å². The minimum absolute atomic E-state index is 0.191. The fraction of sp³-hybridized carbons (Fsp3) is 0.0833. The molecule has 1 aliphatic heterocycles. The Hall–Kier alpha value is -2.22. The van der Waals surface area contributed by atoms with E-state index in [9.17, 15) is 4.79 Å². The zero-order chi connectivity index (χ0) is 23.5. The van der Waals surface area contributed by atoms with Crippen LogP contribution in [-0.4, -0.2) is 17.3 Å². The molecule has 9 heteroatoms. The summed E-state index contributed by atoms with van der Waals surface area (Å²) in [7, 11) is 1.56. The first-order chi connectivity index (χ1) is 15.9.